The second kappa shape index (κ2) is 5.97. The Hall–Kier alpha value is -1.69. The van der Waals surface area contributed by atoms with Crippen LogP contribution in [0.4, 0.5) is 0 Å². The van der Waals surface area contributed by atoms with E-state index in [1.807, 2.05) is 0 Å². The molecule has 0 atom stereocenters. The first-order valence-corrected chi connectivity index (χ1v) is 6.45. The second-order valence-electron chi connectivity index (χ2n) is 4.58. The molecule has 6 nitrogen and oxygen atoms in total. The van der Waals surface area contributed by atoms with Gasteiger partial charge in [0.2, 0.25) is 0 Å². The Kier molecular flexibility index (Phi) is 4.31. The Labute approximate surface area is 115 Å². The highest BCUT2D eigenvalue weighted by Gasteiger charge is 2.27. The van der Waals surface area contributed by atoms with E-state index in [9.17, 15) is 9.59 Å². The van der Waals surface area contributed by atoms with E-state index in [2.05, 4.69) is 15.3 Å². The molecule has 1 aliphatic carbocycles. The molecule has 0 spiro atoms. The minimum absolute atomic E-state index is 0.000535. The third-order valence-electron chi connectivity index (χ3n) is 3.26. The number of carboxylic acids is 1. The quantitative estimate of drug-likeness (QED) is 0.877. The summed E-state index contributed by atoms with van der Waals surface area (Å²) in [5.41, 5.74) is 0.213. The summed E-state index contributed by atoms with van der Waals surface area (Å²) in [6.07, 6.45) is 5.16. The van der Waals surface area contributed by atoms with Gasteiger partial charge < -0.3 is 10.4 Å². The maximum Gasteiger partial charge on any atom is 0.306 e. The predicted molar refractivity (Wildman–Crippen MR) is 67.9 cm³/mol. The van der Waals surface area contributed by atoms with Crippen LogP contribution in [0.3, 0.4) is 0 Å². The molecule has 0 radical (unpaired) electrons. The van der Waals surface area contributed by atoms with E-state index in [0.717, 1.165) is 0 Å². The van der Waals surface area contributed by atoms with E-state index in [1.54, 1.807) is 0 Å². The highest BCUT2D eigenvalue weighted by atomic mass is 35.5. The number of nitrogens with one attached hydrogen (secondary N) is 1. The fraction of sp³-hybridized carbons (Fsp3) is 0.500. The van der Waals surface area contributed by atoms with Crippen molar-refractivity contribution in [2.75, 3.05) is 0 Å². The summed E-state index contributed by atoms with van der Waals surface area (Å²) in [6.45, 7) is 0. The zero-order valence-electron chi connectivity index (χ0n) is 10.2. The van der Waals surface area contributed by atoms with Crippen LogP contribution in [0.1, 0.15) is 36.2 Å². The summed E-state index contributed by atoms with van der Waals surface area (Å²) in [6, 6.07) is 0.000535. The van der Waals surface area contributed by atoms with E-state index in [4.69, 9.17) is 16.7 Å². The standard InChI is InChI=1S/C12H14ClN3O3/c13-10-6-14-9(5-15-10)11(17)16-8-3-1-7(2-4-8)12(18)19/h5-8H,1-4H2,(H,16,17)(H,18,19). The number of halogens is 1. The van der Waals surface area contributed by atoms with Crippen molar-refractivity contribution in [3.8, 4) is 0 Å². The van der Waals surface area contributed by atoms with Crippen LogP contribution in [0.25, 0.3) is 0 Å². The van der Waals surface area contributed by atoms with Gasteiger partial charge in [0, 0.05) is 6.04 Å². The first-order valence-electron chi connectivity index (χ1n) is 6.07. The zero-order chi connectivity index (χ0) is 13.8. The Bertz CT molecular complexity index is 470. The van der Waals surface area contributed by atoms with Gasteiger partial charge in [-0.15, -0.1) is 0 Å². The normalized spacial score (nSPS) is 22.8. The summed E-state index contributed by atoms with van der Waals surface area (Å²) < 4.78 is 0. The fourth-order valence-corrected chi connectivity index (χ4v) is 2.27. The molecule has 1 aromatic rings. The van der Waals surface area contributed by atoms with Crippen LogP contribution in [0.2, 0.25) is 5.15 Å². The lowest BCUT2D eigenvalue weighted by atomic mass is 9.86. The summed E-state index contributed by atoms with van der Waals surface area (Å²) in [7, 11) is 0. The number of aromatic nitrogens is 2. The molecule has 1 fully saturated rings. The van der Waals surface area contributed by atoms with Crippen LogP contribution in [-0.2, 0) is 4.79 Å². The summed E-state index contributed by atoms with van der Waals surface area (Å²) >= 11 is 5.59. The lowest BCUT2D eigenvalue weighted by Gasteiger charge is -2.26. The highest BCUT2D eigenvalue weighted by Crippen LogP contribution is 2.24. The average Bonchev–Trinajstić information content (AvgIpc) is 2.40. The third kappa shape index (κ3) is 3.64. The molecule has 2 N–H and O–H groups in total. The van der Waals surface area contributed by atoms with Crippen molar-refractivity contribution in [1.82, 2.24) is 15.3 Å². The maximum atomic E-state index is 11.9. The highest BCUT2D eigenvalue weighted by molar-refractivity contribution is 6.29. The minimum atomic E-state index is -0.756. The molecule has 0 bridgehead atoms. The molecule has 2 rings (SSSR count). The SMILES string of the molecule is O=C(NC1CCC(C(=O)O)CC1)c1cnc(Cl)cn1. The molecule has 19 heavy (non-hydrogen) atoms. The van der Waals surface area contributed by atoms with Crippen LogP contribution < -0.4 is 5.32 Å². The first-order chi connectivity index (χ1) is 9.06. The van der Waals surface area contributed by atoms with Gasteiger partial charge in [-0.2, -0.15) is 0 Å². The van der Waals surface area contributed by atoms with Crippen molar-refractivity contribution in [1.29, 1.82) is 0 Å². The Morgan fingerprint density at radius 3 is 2.42 bits per heavy atom. The number of hydrogen-bond acceptors (Lipinski definition) is 4. The number of hydrogen-bond donors (Lipinski definition) is 2. The Morgan fingerprint density at radius 1 is 1.21 bits per heavy atom. The van der Waals surface area contributed by atoms with Gasteiger partial charge in [-0.1, -0.05) is 11.6 Å². The molecule has 0 aromatic carbocycles. The fourth-order valence-electron chi connectivity index (χ4n) is 2.17. The predicted octanol–water partition coefficient (Wildman–Crippen LogP) is 1.50. The molecule has 7 heteroatoms. The molecular formula is C12H14ClN3O3. The monoisotopic (exact) mass is 283 g/mol. The minimum Gasteiger partial charge on any atom is -0.481 e. The lowest BCUT2D eigenvalue weighted by molar-refractivity contribution is -0.142. The summed E-state index contributed by atoms with van der Waals surface area (Å²) in [5, 5.41) is 12.0. The molecular weight excluding hydrogens is 270 g/mol. The van der Waals surface area contributed by atoms with E-state index in [0.29, 0.717) is 25.7 Å². The van der Waals surface area contributed by atoms with Gasteiger partial charge in [0.1, 0.15) is 10.8 Å². The van der Waals surface area contributed by atoms with Crippen molar-refractivity contribution in [2.24, 2.45) is 5.92 Å². The number of carbonyl (C=O) groups excluding carboxylic acids is 1. The van der Waals surface area contributed by atoms with Crippen LogP contribution in [0.5, 0.6) is 0 Å². The maximum absolute atomic E-state index is 11.9. The number of aliphatic carboxylic acids is 1. The zero-order valence-corrected chi connectivity index (χ0v) is 10.9. The number of carboxylic acid groups (broad SMARTS) is 1. The van der Waals surface area contributed by atoms with Gasteiger partial charge in [-0.05, 0) is 25.7 Å². The van der Waals surface area contributed by atoms with Crippen LogP contribution in [0.15, 0.2) is 12.4 Å². The van der Waals surface area contributed by atoms with Crippen molar-refractivity contribution >= 4 is 23.5 Å². The van der Waals surface area contributed by atoms with E-state index in [-0.39, 0.29) is 28.7 Å². The largest absolute Gasteiger partial charge is 0.481 e. The molecule has 102 valence electrons. The van der Waals surface area contributed by atoms with Crippen LogP contribution in [-0.4, -0.2) is 33.0 Å². The topological polar surface area (TPSA) is 92.2 Å². The average molecular weight is 284 g/mol. The second-order valence-corrected chi connectivity index (χ2v) is 4.97. The van der Waals surface area contributed by atoms with E-state index >= 15 is 0 Å². The molecule has 0 saturated heterocycles. The van der Waals surface area contributed by atoms with Gasteiger partial charge in [-0.3, -0.25) is 9.59 Å². The summed E-state index contributed by atoms with van der Waals surface area (Å²) in [4.78, 5) is 30.4. The van der Waals surface area contributed by atoms with E-state index in [1.165, 1.54) is 12.4 Å². The smallest absolute Gasteiger partial charge is 0.306 e. The van der Waals surface area contributed by atoms with Crippen LogP contribution >= 0.6 is 11.6 Å². The number of amides is 1. The lowest BCUT2D eigenvalue weighted by Crippen LogP contribution is -2.39. The molecule has 1 aromatic heterocycles. The van der Waals surface area contributed by atoms with Gasteiger partial charge in [0.05, 0.1) is 18.3 Å². The van der Waals surface area contributed by atoms with Crippen molar-refractivity contribution in [2.45, 2.75) is 31.7 Å². The number of carbonyl (C=O) groups is 2. The Morgan fingerprint density at radius 2 is 1.89 bits per heavy atom. The van der Waals surface area contributed by atoms with Gasteiger partial charge in [0.15, 0.2) is 0 Å². The van der Waals surface area contributed by atoms with Gasteiger partial charge in [0.25, 0.3) is 5.91 Å². The van der Waals surface area contributed by atoms with Crippen molar-refractivity contribution in [3.05, 3.63) is 23.2 Å². The van der Waals surface area contributed by atoms with Gasteiger partial charge >= 0.3 is 5.97 Å². The van der Waals surface area contributed by atoms with E-state index < -0.39 is 5.97 Å². The first kappa shape index (κ1) is 13.7. The Balaban J connectivity index is 1.87. The molecule has 0 unspecified atom stereocenters. The van der Waals surface area contributed by atoms with Crippen LogP contribution in [0, 0.1) is 5.92 Å². The molecule has 1 aliphatic rings. The van der Waals surface area contributed by atoms with Crippen molar-refractivity contribution < 1.29 is 14.7 Å². The van der Waals surface area contributed by atoms with Gasteiger partial charge in [-0.25, -0.2) is 9.97 Å². The molecule has 1 saturated carbocycles. The molecule has 1 heterocycles. The number of nitrogens with zero attached hydrogens (tertiary/aromatic N) is 2. The third-order valence-corrected chi connectivity index (χ3v) is 3.46. The number of rotatable bonds is 3. The van der Waals surface area contributed by atoms with Crippen molar-refractivity contribution in [3.63, 3.8) is 0 Å². The summed E-state index contributed by atoms with van der Waals surface area (Å²) in [5.74, 6) is -1.35. The molecule has 0 aliphatic heterocycles. The molecule has 1 amide bonds.